The number of aromatic nitrogens is 2. The minimum Gasteiger partial charge on any atom is -0.476 e. The first-order valence-electron chi connectivity index (χ1n) is 5.25. The fraction of sp³-hybridized carbons (Fsp3) is 0.250. The van der Waals surface area contributed by atoms with Crippen LogP contribution >= 0.6 is 11.8 Å². The van der Waals surface area contributed by atoms with Gasteiger partial charge in [-0.05, 0) is 6.07 Å². The molecule has 0 bridgehead atoms. The van der Waals surface area contributed by atoms with Crippen LogP contribution in [0.15, 0.2) is 29.2 Å². The zero-order valence-electron chi connectivity index (χ0n) is 9.54. The van der Waals surface area contributed by atoms with Crippen molar-refractivity contribution in [2.45, 2.75) is 24.0 Å². The zero-order chi connectivity index (χ0) is 12.4. The topological polar surface area (TPSA) is 63.1 Å². The van der Waals surface area contributed by atoms with Gasteiger partial charge in [-0.2, -0.15) is 0 Å². The molecule has 0 fully saturated rings. The quantitative estimate of drug-likeness (QED) is 0.846. The molecule has 4 nitrogen and oxygen atoms in total. The molecule has 0 aliphatic carbocycles. The summed E-state index contributed by atoms with van der Waals surface area (Å²) in [7, 11) is 0. The van der Waals surface area contributed by atoms with Gasteiger partial charge in [0, 0.05) is 10.6 Å². The summed E-state index contributed by atoms with van der Waals surface area (Å²) in [4.78, 5) is 11.8. The van der Waals surface area contributed by atoms with E-state index in [9.17, 15) is 4.79 Å². The van der Waals surface area contributed by atoms with Gasteiger partial charge < -0.3 is 5.11 Å². The maximum absolute atomic E-state index is 11.1. The number of aromatic carboxylic acids is 1. The molecule has 88 valence electrons. The van der Waals surface area contributed by atoms with Crippen LogP contribution in [0.5, 0.6) is 0 Å². The van der Waals surface area contributed by atoms with Crippen LogP contribution in [-0.4, -0.2) is 26.5 Å². The smallest absolute Gasteiger partial charge is 0.357 e. The maximum Gasteiger partial charge on any atom is 0.357 e. The van der Waals surface area contributed by atoms with Crippen LogP contribution in [0.25, 0.3) is 10.9 Å². The summed E-state index contributed by atoms with van der Waals surface area (Å²) in [5.74, 6) is -1.04. The minimum atomic E-state index is -1.04. The van der Waals surface area contributed by atoms with Crippen molar-refractivity contribution in [3.05, 3.63) is 30.0 Å². The number of carboxylic acid groups (broad SMARTS) is 1. The second kappa shape index (κ2) is 4.71. The molecule has 2 rings (SSSR count). The number of benzene rings is 1. The fourth-order valence-electron chi connectivity index (χ4n) is 1.52. The Bertz CT molecular complexity index is 569. The van der Waals surface area contributed by atoms with Gasteiger partial charge in [0.25, 0.3) is 0 Å². The van der Waals surface area contributed by atoms with E-state index < -0.39 is 5.97 Å². The van der Waals surface area contributed by atoms with Crippen molar-refractivity contribution in [2.75, 3.05) is 0 Å². The number of carbonyl (C=O) groups is 1. The average molecular weight is 248 g/mol. The number of hydrogen-bond donors (Lipinski definition) is 1. The van der Waals surface area contributed by atoms with E-state index in [4.69, 9.17) is 5.11 Å². The number of fused-ring (bicyclic) bond motifs is 1. The molecule has 1 N–H and O–H groups in total. The lowest BCUT2D eigenvalue weighted by Crippen LogP contribution is -2.06. The van der Waals surface area contributed by atoms with E-state index in [0.717, 1.165) is 10.9 Å². The molecule has 0 saturated carbocycles. The zero-order valence-corrected chi connectivity index (χ0v) is 10.4. The van der Waals surface area contributed by atoms with Crippen LogP contribution < -0.4 is 0 Å². The highest BCUT2D eigenvalue weighted by Gasteiger charge is 2.17. The molecule has 0 aliphatic rings. The molecule has 0 radical (unpaired) electrons. The predicted molar refractivity (Wildman–Crippen MR) is 67.5 cm³/mol. The minimum absolute atomic E-state index is 0.0300. The molecule has 0 saturated heterocycles. The van der Waals surface area contributed by atoms with Crippen molar-refractivity contribution < 1.29 is 9.90 Å². The Morgan fingerprint density at radius 2 is 2.00 bits per heavy atom. The SMILES string of the molecule is CC(C)Sc1c(C(=O)O)nnc2ccccc12. The number of thioether (sulfide) groups is 1. The third-order valence-electron chi connectivity index (χ3n) is 2.18. The van der Waals surface area contributed by atoms with Gasteiger partial charge in [0.05, 0.1) is 10.4 Å². The van der Waals surface area contributed by atoms with Crippen molar-refractivity contribution >= 4 is 28.6 Å². The van der Waals surface area contributed by atoms with Gasteiger partial charge in [0.15, 0.2) is 5.69 Å². The van der Waals surface area contributed by atoms with Gasteiger partial charge in [-0.15, -0.1) is 22.0 Å². The average Bonchev–Trinajstić information content (AvgIpc) is 2.28. The second-order valence-corrected chi connectivity index (χ2v) is 5.45. The van der Waals surface area contributed by atoms with Crippen LogP contribution in [0.2, 0.25) is 0 Å². The van der Waals surface area contributed by atoms with E-state index in [-0.39, 0.29) is 5.69 Å². The standard InChI is InChI=1S/C12H12N2O2S/c1-7(2)17-11-8-5-3-4-6-9(8)13-14-10(11)12(15)16/h3-7H,1-2H3,(H,15,16). The summed E-state index contributed by atoms with van der Waals surface area (Å²) in [6, 6.07) is 7.45. The van der Waals surface area contributed by atoms with Gasteiger partial charge in [-0.1, -0.05) is 32.0 Å². The van der Waals surface area contributed by atoms with Crippen LogP contribution in [0.3, 0.4) is 0 Å². The Balaban J connectivity index is 2.70. The first-order chi connectivity index (χ1) is 8.09. The Hall–Kier alpha value is -1.62. The van der Waals surface area contributed by atoms with Crippen molar-refractivity contribution in [1.82, 2.24) is 10.2 Å². The van der Waals surface area contributed by atoms with Crippen molar-refractivity contribution in [3.8, 4) is 0 Å². The monoisotopic (exact) mass is 248 g/mol. The number of carboxylic acids is 1. The largest absolute Gasteiger partial charge is 0.476 e. The van der Waals surface area contributed by atoms with Crippen molar-refractivity contribution in [1.29, 1.82) is 0 Å². The van der Waals surface area contributed by atoms with Crippen molar-refractivity contribution in [3.63, 3.8) is 0 Å². The molecule has 1 aromatic heterocycles. The molecule has 2 aromatic rings. The van der Waals surface area contributed by atoms with Gasteiger partial charge in [0.1, 0.15) is 0 Å². The second-order valence-electron chi connectivity index (χ2n) is 3.87. The van der Waals surface area contributed by atoms with Crippen LogP contribution in [0, 0.1) is 0 Å². The Morgan fingerprint density at radius 3 is 2.65 bits per heavy atom. The molecule has 17 heavy (non-hydrogen) atoms. The molecular formula is C12H12N2O2S. The Labute approximate surface area is 103 Å². The van der Waals surface area contributed by atoms with Gasteiger partial charge >= 0.3 is 5.97 Å². The summed E-state index contributed by atoms with van der Waals surface area (Å²) < 4.78 is 0. The summed E-state index contributed by atoms with van der Waals surface area (Å²) in [5, 5.41) is 18.0. The molecule has 0 aliphatic heterocycles. The first kappa shape index (κ1) is 11.9. The van der Waals surface area contributed by atoms with Crippen LogP contribution in [0.4, 0.5) is 0 Å². The lowest BCUT2D eigenvalue weighted by Gasteiger charge is -2.10. The number of rotatable bonds is 3. The lowest BCUT2D eigenvalue weighted by atomic mass is 10.2. The van der Waals surface area contributed by atoms with E-state index in [0.29, 0.717) is 10.1 Å². The number of hydrogen-bond acceptors (Lipinski definition) is 4. The third-order valence-corrected chi connectivity index (χ3v) is 3.30. The van der Waals surface area contributed by atoms with Crippen LogP contribution in [-0.2, 0) is 0 Å². The van der Waals surface area contributed by atoms with Gasteiger partial charge in [0.2, 0.25) is 0 Å². The molecular weight excluding hydrogens is 236 g/mol. The van der Waals surface area contributed by atoms with E-state index in [1.54, 1.807) is 0 Å². The highest BCUT2D eigenvalue weighted by Crippen LogP contribution is 2.31. The maximum atomic E-state index is 11.1. The van der Waals surface area contributed by atoms with E-state index in [1.807, 2.05) is 38.1 Å². The number of nitrogens with zero attached hydrogens (tertiary/aromatic N) is 2. The van der Waals surface area contributed by atoms with Crippen molar-refractivity contribution in [2.24, 2.45) is 0 Å². The summed E-state index contributed by atoms with van der Waals surface area (Å²) >= 11 is 1.50. The molecule has 1 heterocycles. The summed E-state index contributed by atoms with van der Waals surface area (Å²) in [6.07, 6.45) is 0. The predicted octanol–water partition coefficient (Wildman–Crippen LogP) is 2.83. The fourth-order valence-corrected chi connectivity index (χ4v) is 2.54. The van der Waals surface area contributed by atoms with Gasteiger partial charge in [-0.25, -0.2) is 4.79 Å². The molecule has 5 heteroatoms. The summed E-state index contributed by atoms with van der Waals surface area (Å²) in [6.45, 7) is 4.04. The van der Waals surface area contributed by atoms with E-state index in [1.165, 1.54) is 11.8 Å². The lowest BCUT2D eigenvalue weighted by molar-refractivity contribution is 0.0685. The first-order valence-corrected chi connectivity index (χ1v) is 6.13. The molecule has 1 aromatic carbocycles. The van der Waals surface area contributed by atoms with E-state index in [2.05, 4.69) is 10.2 Å². The molecule has 0 atom stereocenters. The summed E-state index contributed by atoms with van der Waals surface area (Å²) in [5.41, 5.74) is 0.753. The Kier molecular flexibility index (Phi) is 3.28. The van der Waals surface area contributed by atoms with Crippen LogP contribution in [0.1, 0.15) is 24.3 Å². The molecule has 0 amide bonds. The third kappa shape index (κ3) is 2.39. The normalized spacial score (nSPS) is 11.0. The van der Waals surface area contributed by atoms with Gasteiger partial charge in [-0.3, -0.25) is 0 Å². The Morgan fingerprint density at radius 1 is 1.29 bits per heavy atom. The molecule has 0 unspecified atom stereocenters. The highest BCUT2D eigenvalue weighted by molar-refractivity contribution is 8.00. The van der Waals surface area contributed by atoms with E-state index >= 15 is 0 Å². The molecule has 0 spiro atoms. The highest BCUT2D eigenvalue weighted by atomic mass is 32.2.